The Balaban J connectivity index is 2.03. The van der Waals surface area contributed by atoms with Gasteiger partial charge in [0.25, 0.3) is 0 Å². The van der Waals surface area contributed by atoms with Crippen molar-refractivity contribution in [2.24, 2.45) is 0 Å². The Bertz CT molecular complexity index is 986. The lowest BCUT2D eigenvalue weighted by molar-refractivity contribution is -0.401. The Kier molecular flexibility index (Phi) is 5.27. The third-order valence-corrected chi connectivity index (χ3v) is 5.31. The van der Waals surface area contributed by atoms with Crippen LogP contribution in [-0.4, -0.2) is 44.6 Å². The zero-order chi connectivity index (χ0) is 20.5. The van der Waals surface area contributed by atoms with E-state index in [-0.39, 0.29) is 11.4 Å². The molecule has 5 nitrogen and oxygen atoms in total. The topological polar surface area (TPSA) is 47.8 Å². The van der Waals surface area contributed by atoms with Crippen LogP contribution in [0.1, 0.15) is 35.3 Å². The molecule has 2 aromatic rings. The van der Waals surface area contributed by atoms with Gasteiger partial charge in [-0.15, -0.1) is 0 Å². The summed E-state index contributed by atoms with van der Waals surface area (Å²) in [6, 6.07) is 11.5. The van der Waals surface area contributed by atoms with Crippen LogP contribution < -0.4 is 9.47 Å². The number of nitrogens with zero attached hydrogens (tertiary/aromatic N) is 1. The molecule has 0 atom stereocenters. The van der Waals surface area contributed by atoms with Crippen LogP contribution in [0.2, 0.25) is 0 Å². The first-order valence-corrected chi connectivity index (χ1v) is 9.08. The van der Waals surface area contributed by atoms with Crippen molar-refractivity contribution in [1.29, 1.82) is 0 Å². The smallest absolute Gasteiger partial charge is 0.337 e. The van der Waals surface area contributed by atoms with Crippen molar-refractivity contribution >= 4 is 23.4 Å². The van der Waals surface area contributed by atoms with Crippen molar-refractivity contribution in [2.45, 2.75) is 19.3 Å². The van der Waals surface area contributed by atoms with Gasteiger partial charge >= 0.3 is 5.97 Å². The summed E-state index contributed by atoms with van der Waals surface area (Å²) in [5, 5.41) is 0. The molecule has 5 heteroatoms. The van der Waals surface area contributed by atoms with Gasteiger partial charge < -0.3 is 14.2 Å². The van der Waals surface area contributed by atoms with E-state index in [1.807, 2.05) is 43.5 Å². The number of methoxy groups -OCH3 is 3. The number of carbonyl (C=O) groups is 1. The summed E-state index contributed by atoms with van der Waals surface area (Å²) >= 11 is 0. The van der Waals surface area contributed by atoms with Crippen molar-refractivity contribution < 1.29 is 23.6 Å². The molecule has 1 heterocycles. The highest BCUT2D eigenvalue weighted by molar-refractivity contribution is 6.06. The van der Waals surface area contributed by atoms with Crippen LogP contribution >= 0.6 is 0 Å². The van der Waals surface area contributed by atoms with Gasteiger partial charge in [0, 0.05) is 23.3 Å². The van der Waals surface area contributed by atoms with Gasteiger partial charge in [-0.05, 0) is 38.1 Å². The van der Waals surface area contributed by atoms with E-state index in [1.165, 1.54) is 7.11 Å². The molecule has 0 bridgehead atoms. The van der Waals surface area contributed by atoms with E-state index in [9.17, 15) is 4.79 Å². The number of fused-ring (bicyclic) bond motifs is 1. The molecule has 0 aliphatic carbocycles. The molecular weight excluding hydrogens is 354 g/mol. The van der Waals surface area contributed by atoms with Gasteiger partial charge in [0.15, 0.2) is 17.2 Å². The number of benzene rings is 2. The second-order valence-corrected chi connectivity index (χ2v) is 7.21. The largest absolute Gasteiger partial charge is 0.493 e. The summed E-state index contributed by atoms with van der Waals surface area (Å²) in [4.78, 5) is 11.9. The Labute approximate surface area is 165 Å². The third-order valence-electron chi connectivity index (χ3n) is 5.31. The first-order valence-electron chi connectivity index (χ1n) is 9.08. The van der Waals surface area contributed by atoms with E-state index >= 15 is 0 Å². The summed E-state index contributed by atoms with van der Waals surface area (Å²) in [5.74, 6) is 1.07. The fourth-order valence-electron chi connectivity index (χ4n) is 3.79. The van der Waals surface area contributed by atoms with Crippen LogP contribution in [0.15, 0.2) is 42.5 Å². The van der Waals surface area contributed by atoms with Gasteiger partial charge in [-0.2, -0.15) is 4.58 Å². The number of carbonyl (C=O) groups excluding carboxylic acids is 1. The number of para-hydroxylation sites is 1. The predicted octanol–water partition coefficient (Wildman–Crippen LogP) is 4.21. The summed E-state index contributed by atoms with van der Waals surface area (Å²) in [6.07, 6.45) is 4.12. The maximum absolute atomic E-state index is 11.9. The van der Waals surface area contributed by atoms with Crippen LogP contribution in [-0.2, 0) is 10.2 Å². The van der Waals surface area contributed by atoms with Crippen molar-refractivity contribution in [3.63, 3.8) is 0 Å². The van der Waals surface area contributed by atoms with Crippen LogP contribution in [0.4, 0.5) is 5.69 Å². The predicted molar refractivity (Wildman–Crippen MR) is 110 cm³/mol. The number of esters is 1. The fraction of sp³-hybridized carbons (Fsp3) is 0.304. The van der Waals surface area contributed by atoms with Crippen molar-refractivity contribution in [3.8, 4) is 11.5 Å². The third kappa shape index (κ3) is 3.17. The van der Waals surface area contributed by atoms with E-state index in [0.717, 1.165) is 22.5 Å². The van der Waals surface area contributed by atoms with Gasteiger partial charge in [0.05, 0.1) is 32.3 Å². The number of hydrogen-bond acceptors (Lipinski definition) is 4. The van der Waals surface area contributed by atoms with E-state index in [2.05, 4.69) is 24.5 Å². The molecule has 3 rings (SSSR count). The second kappa shape index (κ2) is 7.50. The van der Waals surface area contributed by atoms with Gasteiger partial charge in [-0.25, -0.2) is 4.79 Å². The Morgan fingerprint density at radius 2 is 1.79 bits per heavy atom. The summed E-state index contributed by atoms with van der Waals surface area (Å²) in [6.45, 7) is 4.30. The number of rotatable bonds is 5. The first kappa shape index (κ1) is 19.7. The average Bonchev–Trinajstić information content (AvgIpc) is 2.90. The van der Waals surface area contributed by atoms with Crippen LogP contribution in [0.25, 0.3) is 6.08 Å². The number of allylic oxidation sites excluding steroid dienone is 1. The van der Waals surface area contributed by atoms with Crippen molar-refractivity contribution in [1.82, 2.24) is 0 Å². The maximum Gasteiger partial charge on any atom is 0.337 e. The fourth-order valence-corrected chi connectivity index (χ4v) is 3.79. The quantitative estimate of drug-likeness (QED) is 0.576. The SMILES string of the molecule is COC(=O)c1ccc2c(c1)C(C)(C)C(C=Cc1cccc(OC)c1OC)=[N+]2C. The Morgan fingerprint density at radius 3 is 2.43 bits per heavy atom. The van der Waals surface area contributed by atoms with Gasteiger partial charge in [0.2, 0.25) is 5.69 Å². The summed E-state index contributed by atoms with van der Waals surface area (Å²) in [5.41, 5.74) is 4.52. The molecule has 0 N–H and O–H groups in total. The first-order chi connectivity index (χ1) is 13.3. The molecule has 28 heavy (non-hydrogen) atoms. The average molecular weight is 380 g/mol. The Hall–Kier alpha value is -3.08. The van der Waals surface area contributed by atoms with Gasteiger partial charge in [-0.1, -0.05) is 12.1 Å². The van der Waals surface area contributed by atoms with Crippen molar-refractivity contribution in [2.75, 3.05) is 28.4 Å². The Morgan fingerprint density at radius 1 is 1.04 bits per heavy atom. The number of ether oxygens (including phenoxy) is 3. The van der Waals surface area contributed by atoms with Crippen LogP contribution in [0, 0.1) is 0 Å². The lowest BCUT2D eigenvalue weighted by Gasteiger charge is -2.16. The normalized spacial score (nSPS) is 14.9. The highest BCUT2D eigenvalue weighted by Gasteiger charge is 2.43. The summed E-state index contributed by atoms with van der Waals surface area (Å²) in [7, 11) is 6.70. The molecular formula is C23H26NO4+. The molecule has 0 unspecified atom stereocenters. The van der Waals surface area contributed by atoms with Gasteiger partial charge in [-0.3, -0.25) is 0 Å². The summed E-state index contributed by atoms with van der Waals surface area (Å²) < 4.78 is 17.9. The second-order valence-electron chi connectivity index (χ2n) is 7.21. The van der Waals surface area contributed by atoms with Crippen LogP contribution in [0.5, 0.6) is 11.5 Å². The van der Waals surface area contributed by atoms with E-state index in [4.69, 9.17) is 14.2 Å². The standard InChI is InChI=1S/C23H26NO4/c1-23(2)17-14-16(22(25)28-6)10-12-18(17)24(3)20(23)13-11-15-8-7-9-19(26-4)21(15)27-5/h7-14H,1-6H3/q+1. The molecule has 1 aliphatic heterocycles. The van der Waals surface area contributed by atoms with E-state index in [1.54, 1.807) is 20.3 Å². The zero-order valence-electron chi connectivity index (χ0n) is 17.2. The lowest BCUT2D eigenvalue weighted by Crippen LogP contribution is -2.26. The molecule has 0 radical (unpaired) electrons. The van der Waals surface area contributed by atoms with Crippen molar-refractivity contribution in [3.05, 3.63) is 59.2 Å². The van der Waals surface area contributed by atoms with Crippen LogP contribution in [0.3, 0.4) is 0 Å². The molecule has 146 valence electrons. The highest BCUT2D eigenvalue weighted by Crippen LogP contribution is 2.40. The minimum atomic E-state index is -0.327. The maximum atomic E-state index is 11.9. The molecule has 0 spiro atoms. The molecule has 2 aromatic carbocycles. The molecule has 0 saturated carbocycles. The zero-order valence-corrected chi connectivity index (χ0v) is 17.2. The molecule has 1 aliphatic rings. The minimum absolute atomic E-state index is 0.267. The molecule has 0 aromatic heterocycles. The number of hydrogen-bond donors (Lipinski definition) is 0. The lowest BCUT2D eigenvalue weighted by atomic mass is 9.80. The molecule has 0 fully saturated rings. The highest BCUT2D eigenvalue weighted by atomic mass is 16.5. The minimum Gasteiger partial charge on any atom is -0.493 e. The van der Waals surface area contributed by atoms with E-state index in [0.29, 0.717) is 17.1 Å². The molecule has 0 saturated heterocycles. The van der Waals surface area contributed by atoms with Gasteiger partial charge in [0.1, 0.15) is 7.05 Å². The monoisotopic (exact) mass is 380 g/mol. The molecule has 0 amide bonds. The van der Waals surface area contributed by atoms with E-state index < -0.39 is 0 Å².